The van der Waals surface area contributed by atoms with Crippen molar-refractivity contribution in [1.29, 1.82) is 0 Å². The molecule has 0 unspecified atom stereocenters. The minimum Gasteiger partial charge on any atom is -0.292 e. The third-order valence-electron chi connectivity index (χ3n) is 2.69. The van der Waals surface area contributed by atoms with Crippen molar-refractivity contribution in [3.8, 4) is 0 Å². The standard InChI is InChI=1S/C13H13N5S2/c1-7-5-8(2)15-10(6-7)20-12-9-3-4-19-11(9)16-13(17-12)18-14/h3-6H,14H2,1-2H3,(H,16,17,18). The van der Waals surface area contributed by atoms with E-state index in [4.69, 9.17) is 5.84 Å². The third-order valence-corrected chi connectivity index (χ3v) is 4.42. The van der Waals surface area contributed by atoms with Gasteiger partial charge < -0.3 is 0 Å². The molecule has 0 aromatic carbocycles. The maximum Gasteiger partial charge on any atom is 0.239 e. The van der Waals surface area contributed by atoms with Crippen LogP contribution in [0.2, 0.25) is 0 Å². The Labute approximate surface area is 124 Å². The highest BCUT2D eigenvalue weighted by Crippen LogP contribution is 2.33. The Morgan fingerprint density at radius 1 is 1.20 bits per heavy atom. The van der Waals surface area contributed by atoms with Crippen molar-refractivity contribution in [1.82, 2.24) is 15.0 Å². The largest absolute Gasteiger partial charge is 0.292 e. The minimum absolute atomic E-state index is 0.423. The van der Waals surface area contributed by atoms with Crippen molar-refractivity contribution >= 4 is 39.3 Å². The molecule has 102 valence electrons. The van der Waals surface area contributed by atoms with Crippen LogP contribution in [0.1, 0.15) is 11.3 Å². The Hall–Kier alpha value is -1.70. The summed E-state index contributed by atoms with van der Waals surface area (Å²) in [4.78, 5) is 14.2. The van der Waals surface area contributed by atoms with E-state index >= 15 is 0 Å². The summed E-state index contributed by atoms with van der Waals surface area (Å²) in [6.45, 7) is 4.05. The van der Waals surface area contributed by atoms with Gasteiger partial charge >= 0.3 is 0 Å². The number of hydrogen-bond acceptors (Lipinski definition) is 7. The first-order valence-corrected chi connectivity index (χ1v) is 7.70. The number of nitrogens with zero attached hydrogens (tertiary/aromatic N) is 3. The molecule has 3 heterocycles. The van der Waals surface area contributed by atoms with Gasteiger partial charge in [0.05, 0.1) is 0 Å². The Morgan fingerprint density at radius 2 is 2.05 bits per heavy atom. The van der Waals surface area contributed by atoms with E-state index in [1.165, 1.54) is 17.3 Å². The smallest absolute Gasteiger partial charge is 0.239 e. The van der Waals surface area contributed by atoms with Gasteiger partial charge in [-0.3, -0.25) is 5.43 Å². The molecule has 0 bridgehead atoms. The SMILES string of the molecule is Cc1cc(C)nc(Sc2nc(NN)nc3sccc23)c1. The predicted molar refractivity (Wildman–Crippen MR) is 83.1 cm³/mol. The lowest BCUT2D eigenvalue weighted by molar-refractivity contribution is 1.03. The number of fused-ring (bicyclic) bond motifs is 1. The number of pyridine rings is 1. The topological polar surface area (TPSA) is 76.7 Å². The summed E-state index contributed by atoms with van der Waals surface area (Å²) in [6, 6.07) is 6.12. The minimum atomic E-state index is 0.423. The molecule has 5 nitrogen and oxygen atoms in total. The quantitative estimate of drug-likeness (QED) is 0.440. The number of thiophene rings is 1. The van der Waals surface area contributed by atoms with E-state index in [-0.39, 0.29) is 0 Å². The van der Waals surface area contributed by atoms with Crippen molar-refractivity contribution in [3.05, 3.63) is 34.8 Å². The van der Waals surface area contributed by atoms with Crippen molar-refractivity contribution in [2.24, 2.45) is 5.84 Å². The Balaban J connectivity index is 2.07. The average Bonchev–Trinajstić information content (AvgIpc) is 2.85. The molecule has 0 atom stereocenters. The number of aryl methyl sites for hydroxylation is 2. The molecule has 3 N–H and O–H groups in total. The fourth-order valence-electron chi connectivity index (χ4n) is 1.93. The monoisotopic (exact) mass is 303 g/mol. The first kappa shape index (κ1) is 13.3. The summed E-state index contributed by atoms with van der Waals surface area (Å²) in [7, 11) is 0. The zero-order chi connectivity index (χ0) is 14.1. The second-order valence-corrected chi connectivity index (χ2v) is 6.27. The summed E-state index contributed by atoms with van der Waals surface area (Å²) >= 11 is 3.10. The van der Waals surface area contributed by atoms with Crippen LogP contribution in [0, 0.1) is 13.8 Å². The maximum atomic E-state index is 5.42. The Morgan fingerprint density at radius 3 is 2.80 bits per heavy atom. The number of aromatic nitrogens is 3. The van der Waals surface area contributed by atoms with Gasteiger partial charge in [-0.15, -0.1) is 11.3 Å². The fourth-order valence-corrected chi connectivity index (χ4v) is 3.79. The summed E-state index contributed by atoms with van der Waals surface area (Å²) in [5, 5.41) is 4.82. The predicted octanol–water partition coefficient (Wildman–Crippen LogP) is 3.14. The maximum absolute atomic E-state index is 5.42. The summed E-state index contributed by atoms with van der Waals surface area (Å²) in [5.74, 6) is 5.85. The molecule has 0 amide bonds. The highest BCUT2D eigenvalue weighted by atomic mass is 32.2. The number of nitrogens with two attached hydrogens (primary N) is 1. The molecular formula is C13H13N5S2. The van der Waals surface area contributed by atoms with Crippen molar-refractivity contribution in [3.63, 3.8) is 0 Å². The van der Waals surface area contributed by atoms with Gasteiger partial charge in [-0.2, -0.15) is 0 Å². The van der Waals surface area contributed by atoms with E-state index in [0.717, 1.165) is 26.0 Å². The summed E-state index contributed by atoms with van der Waals surface area (Å²) in [6.07, 6.45) is 0. The fraction of sp³-hybridized carbons (Fsp3) is 0.154. The second kappa shape index (κ2) is 5.35. The van der Waals surface area contributed by atoms with Crippen LogP contribution in [0.3, 0.4) is 0 Å². The second-order valence-electron chi connectivity index (χ2n) is 4.36. The van der Waals surface area contributed by atoms with Crippen LogP contribution in [-0.4, -0.2) is 15.0 Å². The molecular weight excluding hydrogens is 290 g/mol. The lowest BCUT2D eigenvalue weighted by Gasteiger charge is -2.06. The Kier molecular flexibility index (Phi) is 3.56. The van der Waals surface area contributed by atoms with E-state index in [1.807, 2.05) is 24.4 Å². The molecule has 7 heteroatoms. The molecule has 0 aliphatic carbocycles. The van der Waals surface area contributed by atoms with Crippen molar-refractivity contribution < 1.29 is 0 Å². The number of anilines is 1. The van der Waals surface area contributed by atoms with Gasteiger partial charge in [0, 0.05) is 11.1 Å². The molecule has 3 aromatic rings. The molecule has 0 saturated heterocycles. The van der Waals surface area contributed by atoms with Crippen LogP contribution in [0.5, 0.6) is 0 Å². The number of hydrogen-bond donors (Lipinski definition) is 2. The highest BCUT2D eigenvalue weighted by Gasteiger charge is 2.11. The molecule has 0 saturated carbocycles. The van der Waals surface area contributed by atoms with E-state index in [9.17, 15) is 0 Å². The zero-order valence-corrected chi connectivity index (χ0v) is 12.7. The van der Waals surface area contributed by atoms with Crippen molar-refractivity contribution in [2.45, 2.75) is 23.9 Å². The molecule has 0 radical (unpaired) electrons. The first-order chi connectivity index (χ1) is 9.65. The van der Waals surface area contributed by atoms with Crippen LogP contribution >= 0.6 is 23.1 Å². The van der Waals surface area contributed by atoms with Gasteiger partial charge in [-0.1, -0.05) is 0 Å². The van der Waals surface area contributed by atoms with Gasteiger partial charge in [0.2, 0.25) is 5.95 Å². The van der Waals surface area contributed by atoms with Gasteiger partial charge in [-0.05, 0) is 54.8 Å². The molecule has 0 spiro atoms. The van der Waals surface area contributed by atoms with E-state index in [1.54, 1.807) is 11.3 Å². The van der Waals surface area contributed by atoms with Gasteiger partial charge in [0.25, 0.3) is 0 Å². The van der Waals surface area contributed by atoms with E-state index in [0.29, 0.717) is 5.95 Å². The van der Waals surface area contributed by atoms with Crippen LogP contribution < -0.4 is 11.3 Å². The molecule has 20 heavy (non-hydrogen) atoms. The van der Waals surface area contributed by atoms with Crippen LogP contribution in [0.4, 0.5) is 5.95 Å². The van der Waals surface area contributed by atoms with Gasteiger partial charge in [0.15, 0.2) is 0 Å². The van der Waals surface area contributed by atoms with Crippen LogP contribution in [0.25, 0.3) is 10.2 Å². The molecule has 0 aliphatic heterocycles. The van der Waals surface area contributed by atoms with Gasteiger partial charge in [-0.25, -0.2) is 20.8 Å². The number of hydrazine groups is 1. The van der Waals surface area contributed by atoms with Crippen LogP contribution in [-0.2, 0) is 0 Å². The molecule has 3 aromatic heterocycles. The summed E-state index contributed by atoms with van der Waals surface area (Å²) in [5.41, 5.74) is 4.70. The molecule has 0 aliphatic rings. The summed E-state index contributed by atoms with van der Waals surface area (Å²) < 4.78 is 0. The molecule has 3 rings (SSSR count). The zero-order valence-electron chi connectivity index (χ0n) is 11.0. The van der Waals surface area contributed by atoms with Gasteiger partial charge in [0.1, 0.15) is 14.9 Å². The number of nitrogen functional groups attached to an aromatic ring is 1. The van der Waals surface area contributed by atoms with Crippen molar-refractivity contribution in [2.75, 3.05) is 5.43 Å². The lowest BCUT2D eigenvalue weighted by atomic mass is 10.3. The highest BCUT2D eigenvalue weighted by molar-refractivity contribution is 7.99. The van der Waals surface area contributed by atoms with E-state index < -0.39 is 0 Å². The van der Waals surface area contributed by atoms with E-state index in [2.05, 4.69) is 33.4 Å². The van der Waals surface area contributed by atoms with Crippen LogP contribution in [0.15, 0.2) is 33.6 Å². The normalized spacial score (nSPS) is 10.9. The average molecular weight is 303 g/mol. The first-order valence-electron chi connectivity index (χ1n) is 6.01. The third kappa shape index (κ3) is 2.60. The Bertz CT molecular complexity index is 748. The lowest BCUT2D eigenvalue weighted by Crippen LogP contribution is -2.10. The number of nitrogens with one attached hydrogen (secondary N) is 1. The molecule has 0 fully saturated rings. The number of rotatable bonds is 3.